The predicted molar refractivity (Wildman–Crippen MR) is 70.2 cm³/mol. The molecular weight excluding hydrogens is 273 g/mol. The van der Waals surface area contributed by atoms with Crippen molar-refractivity contribution in [3.05, 3.63) is 46.0 Å². The van der Waals surface area contributed by atoms with E-state index in [1.54, 1.807) is 0 Å². The standard InChI is InChI=1S/C13H13F3N2S/c1-7(11-8(2)18-12(17)19-11)9-3-5-10(6-4-9)13(14,15)16/h3-7H,1-2H3,(H2,17,18). The quantitative estimate of drug-likeness (QED) is 0.898. The van der Waals surface area contributed by atoms with Crippen LogP contribution < -0.4 is 5.73 Å². The Labute approximate surface area is 113 Å². The topological polar surface area (TPSA) is 38.9 Å². The molecule has 2 aromatic rings. The lowest BCUT2D eigenvalue weighted by atomic mass is 9.97. The molecule has 1 aromatic carbocycles. The summed E-state index contributed by atoms with van der Waals surface area (Å²) in [6.07, 6.45) is -4.30. The number of aromatic nitrogens is 1. The summed E-state index contributed by atoms with van der Waals surface area (Å²) in [6, 6.07) is 5.21. The lowest BCUT2D eigenvalue weighted by molar-refractivity contribution is -0.137. The maximum Gasteiger partial charge on any atom is 0.416 e. The molecule has 0 saturated heterocycles. The smallest absolute Gasteiger partial charge is 0.375 e. The fourth-order valence-electron chi connectivity index (χ4n) is 1.94. The van der Waals surface area contributed by atoms with Crippen LogP contribution in [-0.2, 0) is 6.18 Å². The minimum absolute atomic E-state index is 0.0166. The molecule has 102 valence electrons. The maximum atomic E-state index is 12.5. The first-order valence-corrected chi connectivity index (χ1v) is 6.50. The Morgan fingerprint density at radius 2 is 1.79 bits per heavy atom. The number of halogens is 3. The van der Waals surface area contributed by atoms with Crippen LogP contribution in [0.15, 0.2) is 24.3 Å². The molecule has 2 rings (SSSR count). The zero-order valence-electron chi connectivity index (χ0n) is 10.5. The Balaban J connectivity index is 2.30. The van der Waals surface area contributed by atoms with Crippen LogP contribution in [0.2, 0.25) is 0 Å². The lowest BCUT2D eigenvalue weighted by Crippen LogP contribution is -2.05. The van der Waals surface area contributed by atoms with Crippen LogP contribution in [0.1, 0.15) is 34.5 Å². The van der Waals surface area contributed by atoms with Gasteiger partial charge in [-0.15, -0.1) is 11.3 Å². The van der Waals surface area contributed by atoms with Gasteiger partial charge in [-0.1, -0.05) is 19.1 Å². The number of nitrogens with two attached hydrogens (primary N) is 1. The zero-order valence-corrected chi connectivity index (χ0v) is 11.3. The van der Waals surface area contributed by atoms with E-state index in [4.69, 9.17) is 5.73 Å². The third-order valence-corrected chi connectivity index (χ3v) is 4.15. The first-order chi connectivity index (χ1) is 8.79. The highest BCUT2D eigenvalue weighted by Crippen LogP contribution is 2.34. The number of nitrogens with zero attached hydrogens (tertiary/aromatic N) is 1. The van der Waals surface area contributed by atoms with Crippen LogP contribution >= 0.6 is 11.3 Å². The molecule has 0 aliphatic rings. The second-order valence-electron chi connectivity index (χ2n) is 4.34. The summed E-state index contributed by atoms with van der Waals surface area (Å²) in [4.78, 5) is 5.11. The average Bonchev–Trinajstić information content (AvgIpc) is 2.66. The number of rotatable bonds is 2. The number of hydrogen-bond donors (Lipinski definition) is 1. The Morgan fingerprint density at radius 3 is 2.21 bits per heavy atom. The van der Waals surface area contributed by atoms with E-state index in [0.29, 0.717) is 5.13 Å². The molecular formula is C13H13F3N2S. The molecule has 0 aliphatic heterocycles. The molecule has 0 radical (unpaired) electrons. The summed E-state index contributed by atoms with van der Waals surface area (Å²) in [6.45, 7) is 3.78. The van der Waals surface area contributed by atoms with Crippen molar-refractivity contribution in [2.24, 2.45) is 0 Å². The summed E-state index contributed by atoms with van der Waals surface area (Å²) in [5.41, 5.74) is 6.65. The van der Waals surface area contributed by atoms with Gasteiger partial charge in [0.2, 0.25) is 0 Å². The van der Waals surface area contributed by atoms with Gasteiger partial charge in [0.25, 0.3) is 0 Å². The van der Waals surface area contributed by atoms with E-state index in [2.05, 4.69) is 4.98 Å². The second-order valence-corrected chi connectivity index (χ2v) is 5.41. The SMILES string of the molecule is Cc1nc(N)sc1C(C)c1ccc(C(F)(F)F)cc1. The molecule has 1 aromatic heterocycles. The van der Waals surface area contributed by atoms with Gasteiger partial charge in [0.1, 0.15) is 0 Å². The number of benzene rings is 1. The van der Waals surface area contributed by atoms with Gasteiger partial charge in [0.15, 0.2) is 5.13 Å². The molecule has 0 amide bonds. The van der Waals surface area contributed by atoms with Crippen LogP contribution in [0.3, 0.4) is 0 Å². The predicted octanol–water partition coefficient (Wildman–Crippen LogP) is 4.20. The minimum atomic E-state index is -4.30. The van der Waals surface area contributed by atoms with Crippen LogP contribution in [0.5, 0.6) is 0 Å². The molecule has 2 nitrogen and oxygen atoms in total. The summed E-state index contributed by atoms with van der Waals surface area (Å²) in [7, 11) is 0. The molecule has 0 fully saturated rings. The largest absolute Gasteiger partial charge is 0.416 e. The van der Waals surface area contributed by atoms with Gasteiger partial charge < -0.3 is 5.73 Å². The zero-order chi connectivity index (χ0) is 14.2. The van der Waals surface area contributed by atoms with Crippen molar-refractivity contribution in [3.63, 3.8) is 0 Å². The molecule has 6 heteroatoms. The molecule has 19 heavy (non-hydrogen) atoms. The number of nitrogen functional groups attached to an aromatic ring is 1. The van der Waals surface area contributed by atoms with E-state index in [1.165, 1.54) is 23.5 Å². The fraction of sp³-hybridized carbons (Fsp3) is 0.308. The number of anilines is 1. The molecule has 1 unspecified atom stereocenters. The van der Waals surface area contributed by atoms with E-state index >= 15 is 0 Å². The van der Waals surface area contributed by atoms with Crippen LogP contribution in [0.25, 0.3) is 0 Å². The van der Waals surface area contributed by atoms with E-state index in [0.717, 1.165) is 28.3 Å². The van der Waals surface area contributed by atoms with Crippen molar-refractivity contribution in [2.75, 3.05) is 5.73 Å². The average molecular weight is 286 g/mol. The third kappa shape index (κ3) is 2.89. The summed E-state index contributed by atoms with van der Waals surface area (Å²) >= 11 is 1.37. The Bertz CT molecular complexity index is 573. The molecule has 2 N–H and O–H groups in total. The summed E-state index contributed by atoms with van der Waals surface area (Å²) in [5.74, 6) is -0.0166. The van der Waals surface area contributed by atoms with Gasteiger partial charge in [-0.25, -0.2) is 4.98 Å². The fourth-order valence-corrected chi connectivity index (χ4v) is 2.86. The molecule has 1 atom stereocenters. The second kappa shape index (κ2) is 4.85. The van der Waals surface area contributed by atoms with Crippen molar-refractivity contribution in [2.45, 2.75) is 25.9 Å². The Kier molecular flexibility index (Phi) is 3.54. The normalized spacial score (nSPS) is 13.5. The monoisotopic (exact) mass is 286 g/mol. The first-order valence-electron chi connectivity index (χ1n) is 5.69. The molecule has 0 aliphatic carbocycles. The van der Waals surface area contributed by atoms with Gasteiger partial charge in [0, 0.05) is 10.8 Å². The minimum Gasteiger partial charge on any atom is -0.375 e. The molecule has 1 heterocycles. The lowest BCUT2D eigenvalue weighted by Gasteiger charge is -2.12. The van der Waals surface area contributed by atoms with Crippen LogP contribution in [0.4, 0.5) is 18.3 Å². The Hall–Kier alpha value is -1.56. The van der Waals surface area contributed by atoms with Crippen LogP contribution in [0, 0.1) is 6.92 Å². The van der Waals surface area contributed by atoms with E-state index < -0.39 is 11.7 Å². The van der Waals surface area contributed by atoms with Gasteiger partial charge in [-0.3, -0.25) is 0 Å². The third-order valence-electron chi connectivity index (χ3n) is 2.98. The number of aryl methyl sites for hydroxylation is 1. The summed E-state index contributed by atoms with van der Waals surface area (Å²) < 4.78 is 37.5. The van der Waals surface area contributed by atoms with Crippen molar-refractivity contribution in [1.29, 1.82) is 0 Å². The van der Waals surface area contributed by atoms with E-state index in [1.807, 2.05) is 13.8 Å². The van der Waals surface area contributed by atoms with Crippen LogP contribution in [-0.4, -0.2) is 4.98 Å². The van der Waals surface area contributed by atoms with Gasteiger partial charge in [-0.2, -0.15) is 13.2 Å². The van der Waals surface area contributed by atoms with Crippen molar-refractivity contribution in [1.82, 2.24) is 4.98 Å². The number of thiazole rings is 1. The molecule has 0 saturated carbocycles. The highest BCUT2D eigenvalue weighted by Gasteiger charge is 2.30. The van der Waals surface area contributed by atoms with Gasteiger partial charge in [0.05, 0.1) is 11.3 Å². The van der Waals surface area contributed by atoms with Crippen molar-refractivity contribution in [3.8, 4) is 0 Å². The van der Waals surface area contributed by atoms with E-state index in [9.17, 15) is 13.2 Å². The first kappa shape index (κ1) is 13.9. The molecule has 0 spiro atoms. The molecule has 0 bridgehead atoms. The highest BCUT2D eigenvalue weighted by molar-refractivity contribution is 7.15. The highest BCUT2D eigenvalue weighted by atomic mass is 32.1. The van der Waals surface area contributed by atoms with Crippen molar-refractivity contribution < 1.29 is 13.2 Å². The van der Waals surface area contributed by atoms with Gasteiger partial charge in [-0.05, 0) is 24.6 Å². The Morgan fingerprint density at radius 1 is 1.21 bits per heavy atom. The van der Waals surface area contributed by atoms with Crippen molar-refractivity contribution >= 4 is 16.5 Å². The number of alkyl halides is 3. The van der Waals surface area contributed by atoms with E-state index in [-0.39, 0.29) is 5.92 Å². The van der Waals surface area contributed by atoms with Gasteiger partial charge >= 0.3 is 6.18 Å². The maximum absolute atomic E-state index is 12.5. The number of hydrogen-bond acceptors (Lipinski definition) is 3. The summed E-state index contributed by atoms with van der Waals surface area (Å²) in [5, 5.41) is 0.478.